The molecule has 0 unspecified atom stereocenters. The average molecular weight is 432 g/mol. The Balaban J connectivity index is 1.44. The van der Waals surface area contributed by atoms with Gasteiger partial charge in [-0.25, -0.2) is 9.48 Å². The monoisotopic (exact) mass is 432 g/mol. The lowest BCUT2D eigenvalue weighted by Crippen LogP contribution is -2.23. The van der Waals surface area contributed by atoms with Gasteiger partial charge in [-0.15, -0.1) is 0 Å². The Bertz CT molecular complexity index is 1150. The normalized spacial score (nSPS) is 13.3. The summed E-state index contributed by atoms with van der Waals surface area (Å²) in [6, 6.07) is 14.2. The maximum absolute atomic E-state index is 12.6. The molecule has 8 heteroatoms. The number of nitrogens with one attached hydrogen (secondary N) is 1. The summed E-state index contributed by atoms with van der Waals surface area (Å²) in [5.41, 5.74) is 3.78. The number of rotatable bonds is 6. The van der Waals surface area contributed by atoms with Crippen molar-refractivity contribution < 1.29 is 19.1 Å². The number of benzene rings is 2. The summed E-state index contributed by atoms with van der Waals surface area (Å²) >= 11 is 0. The van der Waals surface area contributed by atoms with E-state index in [1.807, 2.05) is 12.1 Å². The number of ether oxygens (including phenoxy) is 1. The lowest BCUT2D eigenvalue weighted by Gasteiger charge is -2.16. The van der Waals surface area contributed by atoms with Crippen molar-refractivity contribution >= 4 is 29.2 Å². The molecule has 8 nitrogen and oxygen atoms in total. The molecular weight excluding hydrogens is 408 g/mol. The van der Waals surface area contributed by atoms with Gasteiger partial charge in [-0.1, -0.05) is 0 Å². The Kier molecular flexibility index (Phi) is 6.02. The lowest BCUT2D eigenvalue weighted by molar-refractivity contribution is -0.117. The van der Waals surface area contributed by atoms with Gasteiger partial charge in [0, 0.05) is 29.9 Å². The van der Waals surface area contributed by atoms with Crippen LogP contribution in [0, 0.1) is 6.92 Å². The molecule has 2 heterocycles. The van der Waals surface area contributed by atoms with Crippen LogP contribution < -0.4 is 10.2 Å². The van der Waals surface area contributed by atoms with E-state index in [1.54, 1.807) is 59.8 Å². The molecule has 1 N–H and O–H groups in total. The Morgan fingerprint density at radius 1 is 1.06 bits per heavy atom. The van der Waals surface area contributed by atoms with E-state index in [0.29, 0.717) is 35.5 Å². The molecule has 1 saturated heterocycles. The summed E-state index contributed by atoms with van der Waals surface area (Å²) in [5.74, 6) is -0.526. The van der Waals surface area contributed by atoms with Crippen molar-refractivity contribution in [3.8, 4) is 5.69 Å². The van der Waals surface area contributed by atoms with Gasteiger partial charge in [-0.2, -0.15) is 5.10 Å². The van der Waals surface area contributed by atoms with Crippen molar-refractivity contribution in [1.29, 1.82) is 0 Å². The van der Waals surface area contributed by atoms with Crippen LogP contribution in [0.1, 0.15) is 46.2 Å². The molecule has 32 heavy (non-hydrogen) atoms. The molecule has 0 spiro atoms. The van der Waals surface area contributed by atoms with Crippen LogP contribution in [0.3, 0.4) is 0 Å². The Morgan fingerprint density at radius 3 is 2.38 bits per heavy atom. The fourth-order valence-electron chi connectivity index (χ4n) is 3.68. The highest BCUT2D eigenvalue weighted by Gasteiger charge is 2.21. The minimum absolute atomic E-state index is 0.128. The molecule has 0 atom stereocenters. The molecule has 0 radical (unpaired) electrons. The minimum atomic E-state index is -0.410. The fraction of sp³-hybridized carbons (Fsp3) is 0.250. The first-order valence-electron chi connectivity index (χ1n) is 10.5. The van der Waals surface area contributed by atoms with E-state index in [9.17, 15) is 14.4 Å². The molecule has 164 valence electrons. The molecule has 1 aliphatic rings. The van der Waals surface area contributed by atoms with E-state index in [1.165, 1.54) is 6.20 Å². The number of nitrogens with zero attached hydrogens (tertiary/aromatic N) is 3. The highest BCUT2D eigenvalue weighted by atomic mass is 16.5. The summed E-state index contributed by atoms with van der Waals surface area (Å²) in [6.45, 7) is 4.57. The Hall–Kier alpha value is -3.94. The van der Waals surface area contributed by atoms with Crippen LogP contribution in [-0.2, 0) is 9.53 Å². The van der Waals surface area contributed by atoms with Gasteiger partial charge in [-0.3, -0.25) is 9.59 Å². The second-order valence-corrected chi connectivity index (χ2v) is 7.47. The predicted octanol–water partition coefficient (Wildman–Crippen LogP) is 3.74. The van der Waals surface area contributed by atoms with E-state index in [2.05, 4.69) is 10.4 Å². The Labute approximate surface area is 185 Å². The summed E-state index contributed by atoms with van der Waals surface area (Å²) in [6.07, 6.45) is 2.93. The van der Waals surface area contributed by atoms with Crippen LogP contribution >= 0.6 is 0 Å². The number of anilines is 2. The van der Waals surface area contributed by atoms with Gasteiger partial charge in [0.25, 0.3) is 5.91 Å². The predicted molar refractivity (Wildman–Crippen MR) is 120 cm³/mol. The third-order valence-electron chi connectivity index (χ3n) is 5.39. The molecule has 0 saturated carbocycles. The van der Waals surface area contributed by atoms with E-state index in [0.717, 1.165) is 24.3 Å². The van der Waals surface area contributed by atoms with Crippen molar-refractivity contribution in [2.45, 2.75) is 26.7 Å². The van der Waals surface area contributed by atoms with Crippen LogP contribution in [-0.4, -0.2) is 40.7 Å². The van der Waals surface area contributed by atoms with Gasteiger partial charge in [0.15, 0.2) is 0 Å². The van der Waals surface area contributed by atoms with Gasteiger partial charge in [0.2, 0.25) is 5.91 Å². The van der Waals surface area contributed by atoms with Crippen LogP contribution in [0.15, 0.2) is 54.7 Å². The standard InChI is InChI=1S/C24H24N4O4/c1-3-32-24(31)21-15-25-28(16(21)2)20-10-6-17(7-11-20)23(30)26-18-8-12-19(13-9-18)27-14-4-5-22(27)29/h6-13,15H,3-5,14H2,1-2H3,(H,26,30). The third-order valence-corrected chi connectivity index (χ3v) is 5.39. The lowest BCUT2D eigenvalue weighted by atomic mass is 10.1. The largest absolute Gasteiger partial charge is 0.462 e. The van der Waals surface area contributed by atoms with Crippen LogP contribution in [0.2, 0.25) is 0 Å². The summed E-state index contributed by atoms with van der Waals surface area (Å²) in [7, 11) is 0. The molecule has 0 bridgehead atoms. The van der Waals surface area contributed by atoms with Crippen molar-refractivity contribution in [3.63, 3.8) is 0 Å². The van der Waals surface area contributed by atoms with Crippen molar-refractivity contribution in [2.24, 2.45) is 0 Å². The number of hydrogen-bond acceptors (Lipinski definition) is 5. The Morgan fingerprint density at radius 2 is 1.75 bits per heavy atom. The molecule has 4 rings (SSSR count). The highest BCUT2D eigenvalue weighted by Crippen LogP contribution is 2.23. The molecule has 0 aliphatic carbocycles. The molecule has 2 aromatic carbocycles. The number of amides is 2. The third kappa shape index (κ3) is 4.25. The van der Waals surface area contributed by atoms with E-state index >= 15 is 0 Å². The smallest absolute Gasteiger partial charge is 0.341 e. The van der Waals surface area contributed by atoms with Crippen LogP contribution in [0.5, 0.6) is 0 Å². The molecule has 3 aromatic rings. The first-order chi connectivity index (χ1) is 15.5. The maximum Gasteiger partial charge on any atom is 0.341 e. The number of carbonyl (C=O) groups excluding carboxylic acids is 3. The molecule has 1 aliphatic heterocycles. The summed E-state index contributed by atoms with van der Waals surface area (Å²) in [5, 5.41) is 7.13. The van der Waals surface area contributed by atoms with Crippen LogP contribution in [0.4, 0.5) is 11.4 Å². The summed E-state index contributed by atoms with van der Waals surface area (Å²) < 4.78 is 6.67. The number of aromatic nitrogens is 2. The van der Waals surface area contributed by atoms with Gasteiger partial charge in [-0.05, 0) is 68.8 Å². The number of carbonyl (C=O) groups is 3. The first kappa shape index (κ1) is 21.3. The molecule has 1 aromatic heterocycles. The van der Waals surface area contributed by atoms with E-state index in [-0.39, 0.29) is 11.8 Å². The van der Waals surface area contributed by atoms with Crippen LogP contribution in [0.25, 0.3) is 5.69 Å². The van der Waals surface area contributed by atoms with Gasteiger partial charge >= 0.3 is 5.97 Å². The van der Waals surface area contributed by atoms with E-state index < -0.39 is 5.97 Å². The van der Waals surface area contributed by atoms with E-state index in [4.69, 9.17) is 4.74 Å². The topological polar surface area (TPSA) is 93.5 Å². The quantitative estimate of drug-likeness (QED) is 0.599. The highest BCUT2D eigenvalue weighted by molar-refractivity contribution is 6.04. The number of hydrogen-bond donors (Lipinski definition) is 1. The second-order valence-electron chi connectivity index (χ2n) is 7.47. The molecule has 1 fully saturated rings. The van der Waals surface area contributed by atoms with Crippen molar-refractivity contribution in [2.75, 3.05) is 23.4 Å². The van der Waals surface area contributed by atoms with Gasteiger partial charge in [0.1, 0.15) is 5.56 Å². The van der Waals surface area contributed by atoms with Gasteiger partial charge < -0.3 is 15.0 Å². The SMILES string of the molecule is CCOC(=O)c1cnn(-c2ccc(C(=O)Nc3ccc(N4CCCC4=O)cc3)cc2)c1C. The first-order valence-corrected chi connectivity index (χ1v) is 10.5. The molecule has 2 amide bonds. The van der Waals surface area contributed by atoms with Crippen molar-refractivity contribution in [3.05, 3.63) is 71.5 Å². The van der Waals surface area contributed by atoms with Gasteiger partial charge in [0.05, 0.1) is 24.2 Å². The zero-order valence-corrected chi connectivity index (χ0v) is 18.0. The molecular formula is C24H24N4O4. The second kappa shape index (κ2) is 9.05. The minimum Gasteiger partial charge on any atom is -0.462 e. The maximum atomic E-state index is 12.6. The number of esters is 1. The zero-order valence-electron chi connectivity index (χ0n) is 18.0. The summed E-state index contributed by atoms with van der Waals surface area (Å²) in [4.78, 5) is 38.2. The zero-order chi connectivity index (χ0) is 22.7. The fourth-order valence-corrected chi connectivity index (χ4v) is 3.68. The van der Waals surface area contributed by atoms with Crippen molar-refractivity contribution in [1.82, 2.24) is 9.78 Å². The average Bonchev–Trinajstić information content (AvgIpc) is 3.40.